The molecule has 2 amide bonds. The quantitative estimate of drug-likeness (QED) is 0.897. The van der Waals surface area contributed by atoms with Gasteiger partial charge in [-0.15, -0.1) is 0 Å². The number of H-pyrrole nitrogens is 1. The fourth-order valence-corrected chi connectivity index (χ4v) is 3.13. The summed E-state index contributed by atoms with van der Waals surface area (Å²) in [5.74, 6) is 1.19. The van der Waals surface area contributed by atoms with Crippen molar-refractivity contribution in [2.45, 2.75) is 33.6 Å². The van der Waals surface area contributed by atoms with Crippen LogP contribution in [0.3, 0.4) is 0 Å². The average molecular weight is 340 g/mol. The number of carbonyl (C=O) groups excluding carboxylic acids is 2. The number of aryl methyl sites for hydroxylation is 2. The number of amides is 2. The first-order valence-corrected chi connectivity index (χ1v) is 8.62. The standard InChI is InChI=1S/C19H24N4O2/c1-5-20-19(25)14-7-6-11(2)16(8-14)17-12(3)21-18(22-17)15-9-23(10-15)13(4)24/h6-8,15H,5,9-10H2,1-4H3,(H,20,25)(H,21,22). The largest absolute Gasteiger partial charge is 0.352 e. The maximum atomic E-state index is 12.1. The summed E-state index contributed by atoms with van der Waals surface area (Å²) in [6, 6.07) is 5.69. The molecule has 0 saturated carbocycles. The van der Waals surface area contributed by atoms with Crippen molar-refractivity contribution in [3.63, 3.8) is 0 Å². The second kappa shape index (κ2) is 6.70. The number of imidazole rings is 1. The second-order valence-electron chi connectivity index (χ2n) is 6.61. The number of nitrogens with one attached hydrogen (secondary N) is 2. The Balaban J connectivity index is 1.88. The van der Waals surface area contributed by atoms with E-state index in [0.29, 0.717) is 25.2 Å². The lowest BCUT2D eigenvalue weighted by atomic mass is 9.99. The van der Waals surface area contributed by atoms with E-state index in [2.05, 4.69) is 10.3 Å². The van der Waals surface area contributed by atoms with Crippen molar-refractivity contribution in [3.8, 4) is 11.3 Å². The minimum absolute atomic E-state index is 0.0757. The predicted octanol–water partition coefficient (Wildman–Crippen LogP) is 2.39. The van der Waals surface area contributed by atoms with Crippen molar-refractivity contribution in [3.05, 3.63) is 40.8 Å². The molecule has 1 aromatic carbocycles. The zero-order valence-electron chi connectivity index (χ0n) is 15.1. The van der Waals surface area contributed by atoms with E-state index in [1.807, 2.05) is 43.9 Å². The summed E-state index contributed by atoms with van der Waals surface area (Å²) in [5.41, 5.74) is 4.53. The maximum Gasteiger partial charge on any atom is 0.251 e. The van der Waals surface area contributed by atoms with Gasteiger partial charge in [0.25, 0.3) is 5.91 Å². The third-order valence-electron chi connectivity index (χ3n) is 4.71. The molecule has 3 rings (SSSR count). The van der Waals surface area contributed by atoms with Gasteiger partial charge in [-0.3, -0.25) is 9.59 Å². The van der Waals surface area contributed by atoms with Crippen molar-refractivity contribution >= 4 is 11.8 Å². The molecule has 6 nitrogen and oxygen atoms in total. The first-order valence-electron chi connectivity index (χ1n) is 8.62. The van der Waals surface area contributed by atoms with Crippen LogP contribution in [-0.4, -0.2) is 46.3 Å². The summed E-state index contributed by atoms with van der Waals surface area (Å²) in [7, 11) is 0. The van der Waals surface area contributed by atoms with Crippen LogP contribution in [-0.2, 0) is 4.79 Å². The van der Waals surface area contributed by atoms with Gasteiger partial charge in [-0.25, -0.2) is 4.98 Å². The highest BCUT2D eigenvalue weighted by atomic mass is 16.2. The van der Waals surface area contributed by atoms with Crippen LogP contribution in [0.2, 0.25) is 0 Å². The van der Waals surface area contributed by atoms with Crippen molar-refractivity contribution in [2.75, 3.05) is 19.6 Å². The van der Waals surface area contributed by atoms with Gasteiger partial charge in [0, 0.05) is 43.4 Å². The smallest absolute Gasteiger partial charge is 0.251 e. The maximum absolute atomic E-state index is 12.1. The molecule has 1 aliphatic rings. The summed E-state index contributed by atoms with van der Waals surface area (Å²) in [5, 5.41) is 2.83. The summed E-state index contributed by atoms with van der Waals surface area (Å²) in [4.78, 5) is 33.4. The number of rotatable bonds is 4. The Kier molecular flexibility index (Phi) is 4.61. The SMILES string of the molecule is CCNC(=O)c1ccc(C)c(-c2nc(C3CN(C(C)=O)C3)[nH]c2C)c1. The van der Waals surface area contributed by atoms with Gasteiger partial charge >= 0.3 is 0 Å². The van der Waals surface area contributed by atoms with Gasteiger partial charge in [-0.2, -0.15) is 0 Å². The van der Waals surface area contributed by atoms with Crippen molar-refractivity contribution in [1.29, 1.82) is 0 Å². The van der Waals surface area contributed by atoms with Crippen molar-refractivity contribution in [1.82, 2.24) is 20.2 Å². The summed E-state index contributed by atoms with van der Waals surface area (Å²) in [6.07, 6.45) is 0. The van der Waals surface area contributed by atoms with Crippen LogP contribution in [0.1, 0.15) is 47.2 Å². The highest BCUT2D eigenvalue weighted by Gasteiger charge is 2.32. The lowest BCUT2D eigenvalue weighted by Gasteiger charge is -2.37. The molecule has 1 aliphatic heterocycles. The molecular formula is C19H24N4O2. The third-order valence-corrected chi connectivity index (χ3v) is 4.71. The summed E-state index contributed by atoms with van der Waals surface area (Å²) < 4.78 is 0. The predicted molar refractivity (Wildman–Crippen MR) is 96.5 cm³/mol. The number of nitrogens with zero attached hydrogens (tertiary/aromatic N) is 2. The fraction of sp³-hybridized carbons (Fsp3) is 0.421. The Morgan fingerprint density at radius 1 is 1.32 bits per heavy atom. The van der Waals surface area contributed by atoms with E-state index in [1.54, 1.807) is 6.92 Å². The van der Waals surface area contributed by atoms with E-state index in [4.69, 9.17) is 4.98 Å². The molecule has 2 heterocycles. The summed E-state index contributed by atoms with van der Waals surface area (Å²) >= 11 is 0. The molecule has 0 radical (unpaired) electrons. The lowest BCUT2D eigenvalue weighted by Crippen LogP contribution is -2.47. The van der Waals surface area contributed by atoms with Crippen molar-refractivity contribution < 1.29 is 9.59 Å². The highest BCUT2D eigenvalue weighted by Crippen LogP contribution is 2.31. The monoisotopic (exact) mass is 340 g/mol. The Morgan fingerprint density at radius 2 is 2.04 bits per heavy atom. The van der Waals surface area contributed by atoms with Crippen LogP contribution < -0.4 is 5.32 Å². The molecule has 0 spiro atoms. The first kappa shape index (κ1) is 17.2. The van der Waals surface area contributed by atoms with Crippen LogP contribution in [0, 0.1) is 13.8 Å². The van der Waals surface area contributed by atoms with E-state index in [1.165, 1.54) is 0 Å². The second-order valence-corrected chi connectivity index (χ2v) is 6.61. The molecule has 0 bridgehead atoms. The van der Waals surface area contributed by atoms with Gasteiger partial charge in [0.2, 0.25) is 5.91 Å². The number of hydrogen-bond donors (Lipinski definition) is 2. The number of hydrogen-bond acceptors (Lipinski definition) is 3. The van der Waals surface area contributed by atoms with Crippen LogP contribution in [0.15, 0.2) is 18.2 Å². The third kappa shape index (κ3) is 3.29. The molecule has 6 heteroatoms. The van der Waals surface area contributed by atoms with E-state index in [9.17, 15) is 9.59 Å². The number of benzene rings is 1. The molecule has 1 aromatic heterocycles. The van der Waals surface area contributed by atoms with Crippen LogP contribution in [0.5, 0.6) is 0 Å². The molecule has 2 aromatic rings. The number of aromatic nitrogens is 2. The molecule has 0 aliphatic carbocycles. The van der Waals surface area contributed by atoms with Crippen LogP contribution in [0.25, 0.3) is 11.3 Å². The highest BCUT2D eigenvalue weighted by molar-refractivity contribution is 5.95. The number of carbonyl (C=O) groups is 2. The van der Waals surface area contributed by atoms with E-state index >= 15 is 0 Å². The molecule has 0 atom stereocenters. The Morgan fingerprint density at radius 3 is 2.68 bits per heavy atom. The van der Waals surface area contributed by atoms with E-state index in [0.717, 1.165) is 28.3 Å². The molecule has 2 N–H and O–H groups in total. The van der Waals surface area contributed by atoms with E-state index < -0.39 is 0 Å². The number of likely N-dealkylation sites (tertiary alicyclic amines) is 1. The Labute approximate surface area is 147 Å². The summed E-state index contributed by atoms with van der Waals surface area (Å²) in [6.45, 7) is 9.52. The Bertz CT molecular complexity index is 819. The van der Waals surface area contributed by atoms with Gasteiger partial charge < -0.3 is 15.2 Å². The van der Waals surface area contributed by atoms with Gasteiger partial charge in [0.05, 0.1) is 11.6 Å². The molecule has 25 heavy (non-hydrogen) atoms. The first-order chi connectivity index (χ1) is 11.9. The molecule has 0 unspecified atom stereocenters. The zero-order chi connectivity index (χ0) is 18.1. The molecule has 1 saturated heterocycles. The van der Waals surface area contributed by atoms with Gasteiger partial charge in [0.1, 0.15) is 5.82 Å². The van der Waals surface area contributed by atoms with Gasteiger partial charge in [-0.1, -0.05) is 6.07 Å². The minimum Gasteiger partial charge on any atom is -0.352 e. The van der Waals surface area contributed by atoms with Crippen molar-refractivity contribution in [2.24, 2.45) is 0 Å². The molecule has 132 valence electrons. The Hall–Kier alpha value is -2.63. The molecule has 1 fully saturated rings. The lowest BCUT2D eigenvalue weighted by molar-refractivity contribution is -0.133. The van der Waals surface area contributed by atoms with Crippen LogP contribution >= 0.6 is 0 Å². The normalized spacial score (nSPS) is 14.3. The number of aromatic amines is 1. The topological polar surface area (TPSA) is 78.1 Å². The zero-order valence-corrected chi connectivity index (χ0v) is 15.1. The van der Waals surface area contributed by atoms with Crippen LogP contribution in [0.4, 0.5) is 0 Å². The average Bonchev–Trinajstić information content (AvgIpc) is 2.87. The minimum atomic E-state index is -0.0757. The van der Waals surface area contributed by atoms with Gasteiger partial charge in [-0.05, 0) is 38.5 Å². The van der Waals surface area contributed by atoms with E-state index in [-0.39, 0.29) is 17.7 Å². The fourth-order valence-electron chi connectivity index (χ4n) is 3.13. The van der Waals surface area contributed by atoms with Gasteiger partial charge in [0.15, 0.2) is 0 Å². The molecular weight excluding hydrogens is 316 g/mol.